The SMILES string of the molecule is COc1ccc(C(=O)Oc2ccc(C=NNC(=O)c3ccccc3)cc2)cc1. The molecule has 0 aliphatic heterocycles. The number of benzene rings is 3. The second-order valence-corrected chi connectivity index (χ2v) is 5.75. The Bertz CT molecular complexity index is 966. The van der Waals surface area contributed by atoms with Crippen molar-refractivity contribution in [2.24, 2.45) is 5.10 Å². The molecule has 0 aliphatic carbocycles. The molecule has 0 unspecified atom stereocenters. The Morgan fingerprint density at radius 1 is 0.821 bits per heavy atom. The van der Waals surface area contributed by atoms with Crippen molar-refractivity contribution in [3.63, 3.8) is 0 Å². The smallest absolute Gasteiger partial charge is 0.343 e. The summed E-state index contributed by atoms with van der Waals surface area (Å²) in [7, 11) is 1.56. The van der Waals surface area contributed by atoms with Crippen LogP contribution in [0.4, 0.5) is 0 Å². The summed E-state index contributed by atoms with van der Waals surface area (Å²) in [5.41, 5.74) is 4.16. The third kappa shape index (κ3) is 5.04. The fraction of sp³-hybridized carbons (Fsp3) is 0.0455. The molecule has 0 bridgehead atoms. The Morgan fingerprint density at radius 2 is 1.46 bits per heavy atom. The third-order valence-electron chi connectivity index (χ3n) is 3.83. The first kappa shape index (κ1) is 18.8. The molecule has 0 spiro atoms. The van der Waals surface area contributed by atoms with Gasteiger partial charge in [0.25, 0.3) is 5.91 Å². The van der Waals surface area contributed by atoms with Gasteiger partial charge in [0.15, 0.2) is 0 Å². The van der Waals surface area contributed by atoms with Crippen molar-refractivity contribution in [1.82, 2.24) is 5.43 Å². The molecule has 0 atom stereocenters. The minimum absolute atomic E-state index is 0.290. The first-order valence-corrected chi connectivity index (χ1v) is 8.50. The highest BCUT2D eigenvalue weighted by Crippen LogP contribution is 2.16. The molecule has 0 aliphatic rings. The van der Waals surface area contributed by atoms with Crippen molar-refractivity contribution < 1.29 is 19.1 Å². The number of hydrazone groups is 1. The summed E-state index contributed by atoms with van der Waals surface area (Å²) in [6.07, 6.45) is 1.51. The number of carbonyl (C=O) groups is 2. The number of ether oxygens (including phenoxy) is 2. The minimum atomic E-state index is -0.459. The van der Waals surface area contributed by atoms with E-state index in [1.165, 1.54) is 6.21 Å². The molecule has 0 fully saturated rings. The van der Waals surface area contributed by atoms with Crippen LogP contribution < -0.4 is 14.9 Å². The van der Waals surface area contributed by atoms with Crippen molar-refractivity contribution in [2.45, 2.75) is 0 Å². The van der Waals surface area contributed by atoms with Gasteiger partial charge in [-0.25, -0.2) is 10.2 Å². The highest BCUT2D eigenvalue weighted by atomic mass is 16.5. The second-order valence-electron chi connectivity index (χ2n) is 5.75. The third-order valence-corrected chi connectivity index (χ3v) is 3.83. The number of carbonyl (C=O) groups excluding carboxylic acids is 2. The molecule has 28 heavy (non-hydrogen) atoms. The van der Waals surface area contributed by atoms with Crippen molar-refractivity contribution >= 4 is 18.1 Å². The predicted molar refractivity (Wildman–Crippen MR) is 106 cm³/mol. The highest BCUT2D eigenvalue weighted by molar-refractivity contribution is 5.95. The lowest BCUT2D eigenvalue weighted by Gasteiger charge is -2.05. The maximum absolute atomic E-state index is 12.1. The van der Waals surface area contributed by atoms with Gasteiger partial charge in [-0.3, -0.25) is 4.79 Å². The minimum Gasteiger partial charge on any atom is -0.497 e. The summed E-state index contributed by atoms with van der Waals surface area (Å²) in [5, 5.41) is 3.93. The molecule has 140 valence electrons. The van der Waals surface area contributed by atoms with E-state index >= 15 is 0 Å². The number of nitrogens with zero attached hydrogens (tertiary/aromatic N) is 1. The van der Waals surface area contributed by atoms with Gasteiger partial charge in [-0.05, 0) is 66.2 Å². The number of amides is 1. The fourth-order valence-corrected chi connectivity index (χ4v) is 2.33. The van der Waals surface area contributed by atoms with Gasteiger partial charge in [0.05, 0.1) is 18.9 Å². The molecule has 1 N–H and O–H groups in total. The summed E-state index contributed by atoms with van der Waals surface area (Å²) in [5.74, 6) is 0.326. The molecular weight excluding hydrogens is 356 g/mol. The van der Waals surface area contributed by atoms with Crippen LogP contribution in [0.25, 0.3) is 0 Å². The maximum Gasteiger partial charge on any atom is 0.343 e. The van der Waals surface area contributed by atoms with E-state index in [1.807, 2.05) is 6.07 Å². The fourth-order valence-electron chi connectivity index (χ4n) is 2.33. The zero-order valence-corrected chi connectivity index (χ0v) is 15.2. The molecule has 3 aromatic carbocycles. The molecule has 0 radical (unpaired) electrons. The quantitative estimate of drug-likeness (QED) is 0.309. The number of hydrogen-bond acceptors (Lipinski definition) is 5. The standard InChI is InChI=1S/C22H18N2O4/c1-27-19-13-9-18(10-14-19)22(26)28-20-11-7-16(8-12-20)15-23-24-21(25)17-5-3-2-4-6-17/h2-15H,1H3,(H,24,25). The van der Waals surface area contributed by atoms with Gasteiger partial charge in [-0.1, -0.05) is 18.2 Å². The predicted octanol–water partition coefficient (Wildman–Crippen LogP) is 3.68. The lowest BCUT2D eigenvalue weighted by Crippen LogP contribution is -2.17. The van der Waals surface area contributed by atoms with Gasteiger partial charge in [-0.2, -0.15) is 5.10 Å². The Balaban J connectivity index is 1.55. The Hall–Kier alpha value is -3.93. The van der Waals surface area contributed by atoms with Gasteiger partial charge in [0.1, 0.15) is 11.5 Å². The van der Waals surface area contributed by atoms with E-state index in [2.05, 4.69) is 10.5 Å². The summed E-state index contributed by atoms with van der Waals surface area (Å²) in [6.45, 7) is 0. The summed E-state index contributed by atoms with van der Waals surface area (Å²) < 4.78 is 10.4. The summed E-state index contributed by atoms with van der Waals surface area (Å²) in [4.78, 5) is 24.0. The normalized spacial score (nSPS) is 10.5. The van der Waals surface area contributed by atoms with E-state index in [9.17, 15) is 9.59 Å². The molecule has 0 heterocycles. The lowest BCUT2D eigenvalue weighted by molar-refractivity contribution is 0.0734. The number of methoxy groups -OCH3 is 1. The van der Waals surface area contributed by atoms with Gasteiger partial charge < -0.3 is 9.47 Å². The monoisotopic (exact) mass is 374 g/mol. The lowest BCUT2D eigenvalue weighted by atomic mass is 10.2. The Kier molecular flexibility index (Phi) is 6.15. The van der Waals surface area contributed by atoms with Crippen molar-refractivity contribution in [2.75, 3.05) is 7.11 Å². The molecule has 0 saturated carbocycles. The summed E-state index contributed by atoms with van der Waals surface area (Å²) in [6, 6.07) is 22.2. The van der Waals surface area contributed by atoms with Crippen LogP contribution in [0.3, 0.4) is 0 Å². The van der Waals surface area contributed by atoms with Crippen LogP contribution in [0, 0.1) is 0 Å². The molecule has 3 rings (SSSR count). The molecule has 0 aromatic heterocycles. The first-order valence-electron chi connectivity index (χ1n) is 8.50. The summed E-state index contributed by atoms with van der Waals surface area (Å²) >= 11 is 0. The maximum atomic E-state index is 12.1. The zero-order chi connectivity index (χ0) is 19.8. The zero-order valence-electron chi connectivity index (χ0n) is 15.2. The average Bonchev–Trinajstić information content (AvgIpc) is 2.75. The molecule has 3 aromatic rings. The van der Waals surface area contributed by atoms with E-state index in [4.69, 9.17) is 9.47 Å². The number of hydrogen-bond donors (Lipinski definition) is 1. The largest absolute Gasteiger partial charge is 0.497 e. The van der Waals surface area contributed by atoms with Crippen LogP contribution in [-0.4, -0.2) is 25.2 Å². The molecule has 6 heteroatoms. The van der Waals surface area contributed by atoms with Crippen LogP contribution in [0.5, 0.6) is 11.5 Å². The molecule has 6 nitrogen and oxygen atoms in total. The Morgan fingerprint density at radius 3 is 2.11 bits per heavy atom. The first-order chi connectivity index (χ1) is 13.7. The second kappa shape index (κ2) is 9.14. The van der Waals surface area contributed by atoms with Crippen LogP contribution in [0.1, 0.15) is 26.3 Å². The topological polar surface area (TPSA) is 77.0 Å². The van der Waals surface area contributed by atoms with E-state index in [1.54, 1.807) is 79.9 Å². The molecule has 0 saturated heterocycles. The van der Waals surface area contributed by atoms with Gasteiger partial charge in [0.2, 0.25) is 0 Å². The van der Waals surface area contributed by atoms with E-state index in [-0.39, 0.29) is 5.91 Å². The van der Waals surface area contributed by atoms with Crippen molar-refractivity contribution in [1.29, 1.82) is 0 Å². The Labute approximate surface area is 162 Å². The molecular formula is C22H18N2O4. The van der Waals surface area contributed by atoms with Crippen LogP contribution in [-0.2, 0) is 0 Å². The van der Waals surface area contributed by atoms with Gasteiger partial charge >= 0.3 is 5.97 Å². The van der Waals surface area contributed by atoms with Crippen molar-refractivity contribution in [3.8, 4) is 11.5 Å². The van der Waals surface area contributed by atoms with Crippen molar-refractivity contribution in [3.05, 3.63) is 95.6 Å². The number of rotatable bonds is 6. The van der Waals surface area contributed by atoms with E-state index in [0.717, 1.165) is 5.56 Å². The van der Waals surface area contributed by atoms with Crippen LogP contribution in [0.15, 0.2) is 84.0 Å². The van der Waals surface area contributed by atoms with Crippen LogP contribution in [0.2, 0.25) is 0 Å². The highest BCUT2D eigenvalue weighted by Gasteiger charge is 2.08. The van der Waals surface area contributed by atoms with Crippen LogP contribution >= 0.6 is 0 Å². The number of esters is 1. The van der Waals surface area contributed by atoms with E-state index < -0.39 is 5.97 Å². The number of nitrogens with one attached hydrogen (secondary N) is 1. The van der Waals surface area contributed by atoms with E-state index in [0.29, 0.717) is 22.6 Å². The van der Waals surface area contributed by atoms with Gasteiger partial charge in [0, 0.05) is 5.56 Å². The average molecular weight is 374 g/mol. The van der Waals surface area contributed by atoms with Gasteiger partial charge in [-0.15, -0.1) is 0 Å². The molecule has 1 amide bonds.